The fourth-order valence-electron chi connectivity index (χ4n) is 5.81. The lowest BCUT2D eigenvalue weighted by molar-refractivity contribution is -0.393. The van der Waals surface area contributed by atoms with Crippen molar-refractivity contribution in [3.63, 3.8) is 0 Å². The largest absolute Gasteiger partial charge is 0.414 e. The van der Waals surface area contributed by atoms with Gasteiger partial charge in [-0.3, -0.25) is 20.2 Å². The molecule has 4 atom stereocenters. The third kappa shape index (κ3) is 5.46. The van der Waals surface area contributed by atoms with Gasteiger partial charge in [0.05, 0.1) is 28.1 Å². The van der Waals surface area contributed by atoms with E-state index >= 15 is 4.39 Å². The van der Waals surface area contributed by atoms with Crippen LogP contribution in [0.1, 0.15) is 61.8 Å². The Morgan fingerprint density at radius 1 is 0.946 bits per heavy atom. The number of rotatable bonds is 8. The number of benzene rings is 1. The molecule has 37 heavy (non-hydrogen) atoms. The third-order valence-electron chi connectivity index (χ3n) is 7.83. The molecule has 13 heteroatoms. The van der Waals surface area contributed by atoms with Crippen molar-refractivity contribution in [2.75, 3.05) is 11.9 Å². The molecule has 0 radical (unpaired) electrons. The van der Waals surface area contributed by atoms with Gasteiger partial charge in [0, 0.05) is 18.6 Å². The van der Waals surface area contributed by atoms with E-state index in [0.717, 1.165) is 6.07 Å². The van der Waals surface area contributed by atoms with Gasteiger partial charge in [0.2, 0.25) is 0 Å². The highest BCUT2D eigenvalue weighted by molar-refractivity contribution is 6.83. The monoisotopic (exact) mass is 557 g/mol. The molecule has 1 aliphatic heterocycles. The number of hydrogen-bond acceptors (Lipinski definition) is 8. The zero-order valence-corrected chi connectivity index (χ0v) is 24.9. The first-order valence-corrected chi connectivity index (χ1v) is 17.0. The van der Waals surface area contributed by atoms with Gasteiger partial charge in [0.15, 0.2) is 0 Å². The predicted molar refractivity (Wildman–Crippen MR) is 144 cm³/mol. The van der Waals surface area contributed by atoms with Crippen molar-refractivity contribution < 1.29 is 27.2 Å². The summed E-state index contributed by atoms with van der Waals surface area (Å²) < 4.78 is 36.7. The van der Waals surface area contributed by atoms with Crippen LogP contribution in [0.4, 0.5) is 21.5 Å². The summed E-state index contributed by atoms with van der Waals surface area (Å²) in [5.74, 6) is -0.262. The second-order valence-electron chi connectivity index (χ2n) is 11.5. The predicted octanol–water partition coefficient (Wildman–Crippen LogP) is 6.60. The molecule has 1 saturated heterocycles. The van der Waals surface area contributed by atoms with Crippen LogP contribution in [0, 0.1) is 26.1 Å². The van der Waals surface area contributed by atoms with E-state index in [1.165, 1.54) is 12.1 Å². The highest BCUT2D eigenvalue weighted by atomic mass is 28.5. The molecule has 0 amide bonds. The van der Waals surface area contributed by atoms with E-state index < -0.39 is 56.7 Å². The minimum Gasteiger partial charge on any atom is -0.414 e. The van der Waals surface area contributed by atoms with Crippen LogP contribution >= 0.6 is 0 Å². The topological polar surface area (TPSA) is 126 Å². The molecule has 10 nitrogen and oxygen atoms in total. The maximum absolute atomic E-state index is 16.1. The van der Waals surface area contributed by atoms with E-state index in [4.69, 9.17) is 13.0 Å². The first kappa shape index (κ1) is 29.6. The molecule has 0 bridgehead atoms. The van der Waals surface area contributed by atoms with Gasteiger partial charge in [-0.2, -0.15) is 0 Å². The maximum Gasteiger partial charge on any atom is 0.335 e. The summed E-state index contributed by atoms with van der Waals surface area (Å²) in [5.41, 5.74) is -0.399. The number of anilines is 1. The van der Waals surface area contributed by atoms with E-state index in [9.17, 15) is 20.2 Å². The first-order valence-electron chi connectivity index (χ1n) is 13.0. The summed E-state index contributed by atoms with van der Waals surface area (Å²) >= 11 is 0. The second-order valence-corrected chi connectivity index (χ2v) is 20.3. The Kier molecular flexibility index (Phi) is 8.84. The van der Waals surface area contributed by atoms with Crippen LogP contribution in [-0.2, 0) is 13.0 Å². The summed E-state index contributed by atoms with van der Waals surface area (Å²) in [4.78, 5) is 21.3. The number of non-ortho nitro benzene ring substituents is 1. The summed E-state index contributed by atoms with van der Waals surface area (Å²) in [5, 5.41) is 25.7. The molecule has 2 fully saturated rings. The Labute approximate surface area is 220 Å². The standard InChI is InChI=1S/C24H40FN3O7Si2/c1-14(2)36(15(3)4)33-13-18-11-21(23(25)24(18)34-37(35-36,16(5)6)17(7)8)26-20-10-9-19(27(29)30)12-22(20)28(31)32/h9-10,12,14-18,21,23-24,26H,11,13H2,1-8H3. The third-order valence-corrected chi connectivity index (χ3v) is 18.1. The average molecular weight is 558 g/mol. The number of hydrogen-bond donors (Lipinski definition) is 1. The highest BCUT2D eigenvalue weighted by Crippen LogP contribution is 2.49. The van der Waals surface area contributed by atoms with Crippen LogP contribution in [-0.4, -0.2) is 51.9 Å². The van der Waals surface area contributed by atoms with Crippen molar-refractivity contribution in [3.8, 4) is 0 Å². The SMILES string of the molecule is CC(C)[Si]1(C(C)C)OCC2CC(Nc3ccc([N+](=O)[O-])cc3[N+](=O)[O-])C(F)C2O[Si](C(C)C)(C(C)C)O1. The van der Waals surface area contributed by atoms with Crippen LogP contribution in [0.3, 0.4) is 0 Å². The molecule has 4 unspecified atom stereocenters. The van der Waals surface area contributed by atoms with Gasteiger partial charge in [-0.05, 0) is 34.7 Å². The van der Waals surface area contributed by atoms with Crippen LogP contribution in [0.15, 0.2) is 18.2 Å². The van der Waals surface area contributed by atoms with Gasteiger partial charge in [0.25, 0.3) is 11.4 Å². The molecule has 208 valence electrons. The average Bonchev–Trinajstić information content (AvgIpc) is 3.06. The molecule has 3 rings (SSSR count). The van der Waals surface area contributed by atoms with Gasteiger partial charge < -0.3 is 18.3 Å². The first-order chi connectivity index (χ1) is 17.2. The number of fused-ring (bicyclic) bond motifs is 1. The lowest BCUT2D eigenvalue weighted by Crippen LogP contribution is -2.65. The van der Waals surface area contributed by atoms with Crippen molar-refractivity contribution in [3.05, 3.63) is 38.4 Å². The zero-order valence-electron chi connectivity index (χ0n) is 22.9. The Morgan fingerprint density at radius 2 is 1.51 bits per heavy atom. The quantitative estimate of drug-likeness (QED) is 0.215. The highest BCUT2D eigenvalue weighted by Gasteiger charge is 2.61. The van der Waals surface area contributed by atoms with Crippen LogP contribution in [0.5, 0.6) is 0 Å². The summed E-state index contributed by atoms with van der Waals surface area (Å²) in [6.45, 7) is 17.1. The lowest BCUT2D eigenvalue weighted by Gasteiger charge is -2.51. The van der Waals surface area contributed by atoms with E-state index in [-0.39, 0.29) is 40.4 Å². The Hall–Kier alpha value is -1.94. The molecule has 1 aromatic rings. The van der Waals surface area contributed by atoms with Crippen LogP contribution in [0.2, 0.25) is 22.2 Å². The van der Waals surface area contributed by atoms with E-state index in [0.29, 0.717) is 6.42 Å². The summed E-state index contributed by atoms with van der Waals surface area (Å²) in [6.07, 6.45) is -1.90. The lowest BCUT2D eigenvalue weighted by atomic mass is 10.1. The van der Waals surface area contributed by atoms with Gasteiger partial charge in [-0.25, -0.2) is 4.39 Å². The van der Waals surface area contributed by atoms with Crippen molar-refractivity contribution in [2.45, 2.75) is 102 Å². The minimum absolute atomic E-state index is 0.0407. The van der Waals surface area contributed by atoms with Gasteiger partial charge in [0.1, 0.15) is 11.9 Å². The normalized spacial score (nSPS) is 27.3. The van der Waals surface area contributed by atoms with Crippen molar-refractivity contribution in [1.82, 2.24) is 0 Å². The number of nitro benzene ring substituents is 2. The number of alkyl halides is 1. The maximum atomic E-state index is 16.1. The number of nitrogens with one attached hydrogen (secondary N) is 1. The Balaban J connectivity index is 1.99. The fraction of sp³-hybridized carbons (Fsp3) is 0.750. The minimum atomic E-state index is -2.99. The molecule has 1 saturated carbocycles. The Bertz CT molecular complexity index is 995. The Morgan fingerprint density at radius 3 is 2.00 bits per heavy atom. The summed E-state index contributed by atoms with van der Waals surface area (Å²) in [6, 6.07) is 2.55. The molecule has 1 heterocycles. The van der Waals surface area contributed by atoms with E-state index in [2.05, 4.69) is 60.7 Å². The molecular weight excluding hydrogens is 517 g/mol. The van der Waals surface area contributed by atoms with Crippen LogP contribution in [0.25, 0.3) is 0 Å². The van der Waals surface area contributed by atoms with Crippen molar-refractivity contribution in [2.24, 2.45) is 5.92 Å². The van der Waals surface area contributed by atoms with Crippen molar-refractivity contribution in [1.29, 1.82) is 0 Å². The van der Waals surface area contributed by atoms with E-state index in [1.54, 1.807) is 0 Å². The number of halogens is 1. The van der Waals surface area contributed by atoms with Gasteiger partial charge >= 0.3 is 17.1 Å². The summed E-state index contributed by atoms with van der Waals surface area (Å²) in [7, 11) is -5.75. The molecule has 2 aliphatic rings. The fourth-order valence-corrected chi connectivity index (χ4v) is 17.1. The molecule has 0 spiro atoms. The molecular formula is C24H40FN3O7Si2. The smallest absolute Gasteiger partial charge is 0.335 e. The zero-order chi connectivity index (χ0) is 27.9. The molecule has 1 aliphatic carbocycles. The molecule has 1 aromatic carbocycles. The molecule has 1 N–H and O–H groups in total. The van der Waals surface area contributed by atoms with Crippen LogP contribution < -0.4 is 5.32 Å². The van der Waals surface area contributed by atoms with Gasteiger partial charge in [-0.15, -0.1) is 0 Å². The van der Waals surface area contributed by atoms with E-state index in [1.807, 2.05) is 0 Å². The number of nitrogens with zero attached hydrogens (tertiary/aromatic N) is 2. The van der Waals surface area contributed by atoms with Crippen molar-refractivity contribution >= 4 is 34.2 Å². The number of nitro groups is 2. The second kappa shape index (κ2) is 11.0. The molecule has 0 aromatic heterocycles. The van der Waals surface area contributed by atoms with Gasteiger partial charge in [-0.1, -0.05) is 55.4 Å².